The van der Waals surface area contributed by atoms with Crippen LogP contribution in [0.1, 0.15) is 25.0 Å². The van der Waals surface area contributed by atoms with Crippen molar-refractivity contribution in [1.82, 2.24) is 0 Å². The molecule has 0 aliphatic carbocycles. The average molecular weight is 556 g/mol. The Morgan fingerprint density at radius 3 is 2.34 bits per heavy atom. The van der Waals surface area contributed by atoms with Gasteiger partial charge in [0, 0.05) is 10.2 Å². The molecule has 6 nitrogen and oxygen atoms in total. The van der Waals surface area contributed by atoms with Crippen molar-refractivity contribution in [3.8, 4) is 23.3 Å². The Labute approximate surface area is 218 Å². The van der Waals surface area contributed by atoms with Gasteiger partial charge in [0.25, 0.3) is 5.91 Å². The van der Waals surface area contributed by atoms with E-state index >= 15 is 0 Å². The second-order valence-corrected chi connectivity index (χ2v) is 8.58. The number of ether oxygens (including phenoxy) is 3. The van der Waals surface area contributed by atoms with Gasteiger partial charge in [-0.05, 0) is 79.6 Å². The fourth-order valence-electron chi connectivity index (χ4n) is 3.13. The highest BCUT2D eigenvalue weighted by Crippen LogP contribution is 2.38. The van der Waals surface area contributed by atoms with E-state index in [9.17, 15) is 10.1 Å². The van der Waals surface area contributed by atoms with Crippen LogP contribution in [0, 0.1) is 11.3 Å². The predicted octanol–water partition coefficient (Wildman–Crippen LogP) is 7.02. The summed E-state index contributed by atoms with van der Waals surface area (Å²) < 4.78 is 18.0. The Morgan fingerprint density at radius 2 is 1.71 bits per heavy atom. The molecular formula is C27H24BrClN2O4. The highest BCUT2D eigenvalue weighted by Gasteiger charge is 2.15. The molecular weight excluding hydrogens is 532 g/mol. The molecule has 0 aliphatic rings. The summed E-state index contributed by atoms with van der Waals surface area (Å²) in [4.78, 5) is 12.7. The Morgan fingerprint density at radius 1 is 1.03 bits per heavy atom. The van der Waals surface area contributed by atoms with Crippen molar-refractivity contribution < 1.29 is 19.0 Å². The van der Waals surface area contributed by atoms with Crippen molar-refractivity contribution in [3.63, 3.8) is 0 Å². The number of carbonyl (C=O) groups is 1. The minimum absolute atomic E-state index is 0.0825. The summed E-state index contributed by atoms with van der Waals surface area (Å²) in [5.74, 6) is 0.974. The van der Waals surface area contributed by atoms with Crippen molar-refractivity contribution in [2.45, 2.75) is 20.5 Å². The molecule has 8 heteroatoms. The molecule has 0 spiro atoms. The molecule has 0 saturated carbocycles. The molecule has 0 radical (unpaired) electrons. The molecule has 0 heterocycles. The van der Waals surface area contributed by atoms with E-state index in [-0.39, 0.29) is 5.57 Å². The van der Waals surface area contributed by atoms with E-state index in [4.69, 9.17) is 25.8 Å². The summed E-state index contributed by atoms with van der Waals surface area (Å²) in [6.07, 6.45) is 1.46. The number of nitriles is 1. The van der Waals surface area contributed by atoms with E-state index in [0.717, 1.165) is 10.0 Å². The zero-order valence-corrected chi connectivity index (χ0v) is 21.7. The summed E-state index contributed by atoms with van der Waals surface area (Å²) >= 11 is 9.91. The van der Waals surface area contributed by atoms with Crippen LogP contribution in [-0.4, -0.2) is 19.1 Å². The Hall–Kier alpha value is -3.47. The van der Waals surface area contributed by atoms with Crippen LogP contribution >= 0.6 is 27.5 Å². The number of amides is 1. The lowest BCUT2D eigenvalue weighted by atomic mass is 10.1. The number of benzene rings is 3. The predicted molar refractivity (Wildman–Crippen MR) is 141 cm³/mol. The van der Waals surface area contributed by atoms with Crippen molar-refractivity contribution in [3.05, 3.63) is 86.9 Å². The maximum Gasteiger partial charge on any atom is 0.266 e. The Kier molecular flexibility index (Phi) is 9.59. The number of hydrogen-bond acceptors (Lipinski definition) is 5. The van der Waals surface area contributed by atoms with E-state index in [2.05, 4.69) is 21.2 Å². The van der Waals surface area contributed by atoms with Crippen LogP contribution in [0.3, 0.4) is 0 Å². The molecule has 3 aromatic rings. The minimum atomic E-state index is -0.540. The third-order valence-electron chi connectivity index (χ3n) is 4.73. The number of nitrogens with zero attached hydrogens (tertiary/aromatic N) is 1. The van der Waals surface area contributed by atoms with Crippen LogP contribution in [0.15, 0.2) is 70.7 Å². The smallest absolute Gasteiger partial charge is 0.266 e. The van der Waals surface area contributed by atoms with Gasteiger partial charge in [0.2, 0.25) is 0 Å². The van der Waals surface area contributed by atoms with Gasteiger partial charge in [-0.25, -0.2) is 0 Å². The molecule has 0 fully saturated rings. The fourth-order valence-corrected chi connectivity index (χ4v) is 3.66. The summed E-state index contributed by atoms with van der Waals surface area (Å²) in [7, 11) is 0. The standard InChI is InChI=1S/C27H24BrClN2O4/c1-3-33-23-11-9-22(10-12-23)31-27(32)20(16-30)13-19-14-24(29)26(25(15-19)34-4-2)35-17-18-5-7-21(28)8-6-18/h5-15H,3-4,17H2,1-2H3,(H,31,32)/b20-13-. The second-order valence-electron chi connectivity index (χ2n) is 7.26. The summed E-state index contributed by atoms with van der Waals surface area (Å²) in [5.41, 5.74) is 1.96. The first-order valence-electron chi connectivity index (χ1n) is 10.9. The van der Waals surface area contributed by atoms with Crippen LogP contribution in [0.2, 0.25) is 5.02 Å². The summed E-state index contributed by atoms with van der Waals surface area (Å²) in [5, 5.41) is 12.6. The van der Waals surface area contributed by atoms with Crippen LogP contribution in [0.4, 0.5) is 5.69 Å². The highest BCUT2D eigenvalue weighted by atomic mass is 79.9. The molecule has 0 saturated heterocycles. The average Bonchev–Trinajstić information content (AvgIpc) is 2.84. The van der Waals surface area contributed by atoms with E-state index in [0.29, 0.717) is 53.3 Å². The van der Waals surface area contributed by atoms with Gasteiger partial charge < -0.3 is 19.5 Å². The molecule has 1 N–H and O–H groups in total. The molecule has 0 unspecified atom stereocenters. The number of rotatable bonds is 10. The van der Waals surface area contributed by atoms with Gasteiger partial charge in [-0.1, -0.05) is 39.7 Å². The summed E-state index contributed by atoms with van der Waals surface area (Å²) in [6, 6.07) is 19.9. The molecule has 3 aromatic carbocycles. The Bertz CT molecular complexity index is 1240. The van der Waals surface area contributed by atoms with Crippen molar-refractivity contribution in [1.29, 1.82) is 5.26 Å². The molecule has 180 valence electrons. The summed E-state index contributed by atoms with van der Waals surface area (Å²) in [6.45, 7) is 4.98. The fraction of sp³-hybridized carbons (Fsp3) is 0.185. The lowest BCUT2D eigenvalue weighted by molar-refractivity contribution is -0.112. The lowest BCUT2D eigenvalue weighted by Gasteiger charge is -2.15. The molecule has 1 amide bonds. The second kappa shape index (κ2) is 12.8. The maximum absolute atomic E-state index is 12.7. The van der Waals surface area contributed by atoms with Crippen LogP contribution in [0.25, 0.3) is 6.08 Å². The van der Waals surface area contributed by atoms with E-state index < -0.39 is 5.91 Å². The number of halogens is 2. The van der Waals surface area contributed by atoms with E-state index in [1.165, 1.54) is 6.08 Å². The zero-order valence-electron chi connectivity index (χ0n) is 19.3. The number of anilines is 1. The topological polar surface area (TPSA) is 80.6 Å². The first-order valence-corrected chi connectivity index (χ1v) is 12.1. The molecule has 35 heavy (non-hydrogen) atoms. The van der Waals surface area contributed by atoms with Crippen LogP contribution in [-0.2, 0) is 11.4 Å². The van der Waals surface area contributed by atoms with Gasteiger partial charge in [-0.3, -0.25) is 4.79 Å². The third kappa shape index (κ3) is 7.51. The number of nitrogens with one attached hydrogen (secondary N) is 1. The maximum atomic E-state index is 12.7. The number of carbonyl (C=O) groups excluding carboxylic acids is 1. The largest absolute Gasteiger partial charge is 0.494 e. The molecule has 0 aliphatic heterocycles. The van der Waals surface area contributed by atoms with Gasteiger partial charge >= 0.3 is 0 Å². The van der Waals surface area contributed by atoms with Crippen molar-refractivity contribution >= 4 is 45.2 Å². The molecule has 3 rings (SSSR count). The first-order chi connectivity index (χ1) is 16.9. The normalized spacial score (nSPS) is 10.9. The molecule has 0 atom stereocenters. The SMILES string of the molecule is CCOc1ccc(NC(=O)/C(C#N)=C\c2cc(Cl)c(OCc3ccc(Br)cc3)c(OCC)c2)cc1. The van der Waals surface area contributed by atoms with E-state index in [1.807, 2.05) is 44.2 Å². The first kappa shape index (κ1) is 26.1. The van der Waals surface area contributed by atoms with Crippen molar-refractivity contribution in [2.24, 2.45) is 0 Å². The highest BCUT2D eigenvalue weighted by molar-refractivity contribution is 9.10. The lowest BCUT2D eigenvalue weighted by Crippen LogP contribution is -2.13. The zero-order chi connectivity index (χ0) is 25.2. The quantitative estimate of drug-likeness (QED) is 0.215. The van der Waals surface area contributed by atoms with Crippen molar-refractivity contribution in [2.75, 3.05) is 18.5 Å². The number of hydrogen-bond donors (Lipinski definition) is 1. The van der Waals surface area contributed by atoms with E-state index in [1.54, 1.807) is 36.4 Å². The van der Waals surface area contributed by atoms with Crippen LogP contribution < -0.4 is 19.5 Å². The minimum Gasteiger partial charge on any atom is -0.494 e. The monoisotopic (exact) mass is 554 g/mol. The molecule has 0 aromatic heterocycles. The van der Waals surface area contributed by atoms with Gasteiger partial charge in [0.05, 0.1) is 18.2 Å². The van der Waals surface area contributed by atoms with Gasteiger partial charge in [0.15, 0.2) is 11.5 Å². The van der Waals surface area contributed by atoms with Gasteiger partial charge in [-0.15, -0.1) is 0 Å². The van der Waals surface area contributed by atoms with Gasteiger partial charge in [-0.2, -0.15) is 5.26 Å². The van der Waals surface area contributed by atoms with Gasteiger partial charge in [0.1, 0.15) is 24.0 Å². The molecule has 0 bridgehead atoms. The van der Waals surface area contributed by atoms with Crippen LogP contribution in [0.5, 0.6) is 17.2 Å². The Balaban J connectivity index is 1.79. The third-order valence-corrected chi connectivity index (χ3v) is 5.54.